The monoisotopic (exact) mass is 463 g/mol. The molecule has 0 aliphatic carbocycles. The van der Waals surface area contributed by atoms with E-state index in [0.717, 1.165) is 16.5 Å². The number of phenols is 1. The number of nitrogens with zero attached hydrogens (tertiary/aromatic N) is 3. The van der Waals surface area contributed by atoms with Crippen molar-refractivity contribution in [2.45, 2.75) is 6.54 Å². The molecule has 172 valence electrons. The Bertz CT molecular complexity index is 1570. The number of hydrogen-bond donors (Lipinski definition) is 3. The van der Waals surface area contributed by atoms with Gasteiger partial charge >= 0.3 is 5.97 Å². The van der Waals surface area contributed by atoms with Crippen molar-refractivity contribution in [2.75, 3.05) is 0 Å². The molecule has 0 unspecified atom stereocenters. The lowest BCUT2D eigenvalue weighted by molar-refractivity contribution is 0.0697. The summed E-state index contributed by atoms with van der Waals surface area (Å²) in [5, 5.41) is 40.4. The molecule has 0 aliphatic heterocycles. The molecule has 3 N–H and O–H groups in total. The van der Waals surface area contributed by atoms with E-state index >= 15 is 0 Å². The predicted octanol–water partition coefficient (Wildman–Crippen LogP) is 6.88. The second-order valence-corrected chi connectivity index (χ2v) is 8.02. The average Bonchev–Trinajstić information content (AvgIpc) is 3.14. The third kappa shape index (κ3) is 4.22. The van der Waals surface area contributed by atoms with Gasteiger partial charge in [0.05, 0.1) is 17.6 Å². The van der Waals surface area contributed by atoms with Crippen LogP contribution in [0.4, 0.5) is 11.4 Å². The van der Waals surface area contributed by atoms with Gasteiger partial charge in [0.25, 0.3) is 0 Å². The van der Waals surface area contributed by atoms with E-state index in [1.807, 2.05) is 54.6 Å². The summed E-state index contributed by atoms with van der Waals surface area (Å²) in [5.74, 6) is -1.21. The Morgan fingerprint density at radius 1 is 0.800 bits per heavy atom. The minimum atomic E-state index is -1.05. The van der Waals surface area contributed by atoms with Crippen molar-refractivity contribution >= 4 is 28.2 Å². The zero-order valence-electron chi connectivity index (χ0n) is 18.5. The van der Waals surface area contributed by atoms with Gasteiger partial charge in [0.1, 0.15) is 5.69 Å². The van der Waals surface area contributed by atoms with E-state index in [1.165, 1.54) is 12.1 Å². The van der Waals surface area contributed by atoms with Crippen LogP contribution >= 0.6 is 0 Å². The molecule has 0 fully saturated rings. The Morgan fingerprint density at radius 2 is 1.54 bits per heavy atom. The molecule has 5 rings (SSSR count). The highest BCUT2D eigenvalue weighted by atomic mass is 16.4. The quantitative estimate of drug-likeness (QED) is 0.239. The topological polar surface area (TPSA) is 107 Å². The summed E-state index contributed by atoms with van der Waals surface area (Å²) in [6.45, 7) is 0.462. The fourth-order valence-corrected chi connectivity index (χ4v) is 4.06. The number of azo groups is 1. The maximum Gasteiger partial charge on any atom is 0.335 e. The lowest BCUT2D eigenvalue weighted by Gasteiger charge is -2.08. The normalized spacial score (nSPS) is 11.3. The van der Waals surface area contributed by atoms with Gasteiger partial charge in [-0.1, -0.05) is 72.8 Å². The molecule has 0 saturated heterocycles. The molecular weight excluding hydrogens is 442 g/mol. The summed E-state index contributed by atoms with van der Waals surface area (Å²) in [6, 6.07) is 28.6. The molecule has 35 heavy (non-hydrogen) atoms. The lowest BCUT2D eigenvalue weighted by Crippen LogP contribution is -1.98. The van der Waals surface area contributed by atoms with Crippen LogP contribution in [0.25, 0.3) is 22.0 Å². The summed E-state index contributed by atoms with van der Waals surface area (Å²) in [7, 11) is 0. The van der Waals surface area contributed by atoms with Crippen LogP contribution in [-0.2, 0) is 6.54 Å². The molecule has 0 atom stereocenters. The highest BCUT2D eigenvalue weighted by Gasteiger charge is 2.17. The fourth-order valence-electron chi connectivity index (χ4n) is 4.06. The first-order valence-electron chi connectivity index (χ1n) is 10.9. The molecule has 1 heterocycles. The Kier molecular flexibility index (Phi) is 5.73. The van der Waals surface area contributed by atoms with Crippen LogP contribution in [0.15, 0.2) is 107 Å². The van der Waals surface area contributed by atoms with Crippen molar-refractivity contribution in [2.24, 2.45) is 10.2 Å². The number of aromatic nitrogens is 1. The second kappa shape index (κ2) is 9.15. The number of aromatic carboxylic acids is 1. The SMILES string of the molecule is O=C(O)c1cccc(-c2cccc(N=Nc3c(O)n(Cc4ccccc4)c4ccccc34)c2O)c1. The van der Waals surface area contributed by atoms with Gasteiger partial charge in [-0.3, -0.25) is 0 Å². The number of phenolic OH excluding ortho intramolecular Hbond substituents is 1. The van der Waals surface area contributed by atoms with E-state index in [0.29, 0.717) is 23.4 Å². The highest BCUT2D eigenvalue weighted by molar-refractivity contribution is 5.95. The zero-order chi connectivity index (χ0) is 24.4. The molecule has 0 amide bonds. The number of hydrogen-bond acceptors (Lipinski definition) is 5. The standard InChI is InChI=1S/C28H21N3O4/c32-26-21(19-10-6-11-20(16-19)28(34)35)13-7-14-23(26)29-30-25-22-12-4-5-15-24(22)31(27(25)33)17-18-8-2-1-3-9-18/h1-16,32-33H,17H2,(H,34,35). The first-order chi connectivity index (χ1) is 17.0. The van der Waals surface area contributed by atoms with E-state index in [9.17, 15) is 20.1 Å². The summed E-state index contributed by atoms with van der Waals surface area (Å²) in [5.41, 5.74) is 3.43. The van der Waals surface area contributed by atoms with Gasteiger partial charge in [-0.05, 0) is 35.4 Å². The maximum absolute atomic E-state index is 11.3. The van der Waals surface area contributed by atoms with Gasteiger partial charge in [0, 0.05) is 10.9 Å². The largest absolute Gasteiger partial charge is 0.505 e. The molecule has 0 aliphatic rings. The minimum Gasteiger partial charge on any atom is -0.505 e. The smallest absolute Gasteiger partial charge is 0.335 e. The van der Waals surface area contributed by atoms with Crippen LogP contribution in [0.2, 0.25) is 0 Å². The Labute approximate surface area is 200 Å². The van der Waals surface area contributed by atoms with Gasteiger partial charge in [0.2, 0.25) is 5.88 Å². The van der Waals surface area contributed by atoms with Crippen molar-refractivity contribution in [3.05, 3.63) is 108 Å². The van der Waals surface area contributed by atoms with Crippen LogP contribution in [0, 0.1) is 0 Å². The van der Waals surface area contributed by atoms with Gasteiger partial charge in [-0.25, -0.2) is 4.79 Å². The van der Waals surface area contributed by atoms with Gasteiger partial charge in [-0.2, -0.15) is 0 Å². The number of carboxylic acids is 1. The molecule has 7 nitrogen and oxygen atoms in total. The molecular formula is C28H21N3O4. The first-order valence-corrected chi connectivity index (χ1v) is 10.9. The van der Waals surface area contributed by atoms with Crippen molar-refractivity contribution in [3.63, 3.8) is 0 Å². The van der Waals surface area contributed by atoms with E-state index in [1.54, 1.807) is 34.9 Å². The van der Waals surface area contributed by atoms with E-state index < -0.39 is 5.97 Å². The van der Waals surface area contributed by atoms with Crippen molar-refractivity contribution in [1.29, 1.82) is 0 Å². The van der Waals surface area contributed by atoms with Crippen molar-refractivity contribution in [1.82, 2.24) is 4.57 Å². The molecule has 4 aromatic carbocycles. The predicted molar refractivity (Wildman–Crippen MR) is 134 cm³/mol. The van der Waals surface area contributed by atoms with Crippen LogP contribution in [0.1, 0.15) is 15.9 Å². The lowest BCUT2D eigenvalue weighted by atomic mass is 10.0. The Balaban J connectivity index is 1.55. The average molecular weight is 463 g/mol. The van der Waals surface area contributed by atoms with E-state index in [4.69, 9.17) is 0 Å². The number of benzene rings is 4. The van der Waals surface area contributed by atoms with Gasteiger partial charge in [-0.15, -0.1) is 10.2 Å². The molecule has 7 heteroatoms. The van der Waals surface area contributed by atoms with Crippen LogP contribution < -0.4 is 0 Å². The third-order valence-corrected chi connectivity index (χ3v) is 5.79. The maximum atomic E-state index is 11.3. The van der Waals surface area contributed by atoms with Gasteiger partial charge in [0.15, 0.2) is 11.4 Å². The number of carbonyl (C=O) groups is 1. The number of para-hydroxylation sites is 2. The fraction of sp³-hybridized carbons (Fsp3) is 0.0357. The number of rotatable bonds is 6. The molecule has 5 aromatic rings. The third-order valence-electron chi connectivity index (χ3n) is 5.79. The molecule has 0 radical (unpaired) electrons. The van der Waals surface area contributed by atoms with Crippen molar-refractivity contribution < 1.29 is 20.1 Å². The number of fused-ring (bicyclic) bond motifs is 1. The second-order valence-electron chi connectivity index (χ2n) is 8.02. The Hall–Kier alpha value is -4.91. The van der Waals surface area contributed by atoms with Gasteiger partial charge < -0.3 is 19.9 Å². The highest BCUT2D eigenvalue weighted by Crippen LogP contribution is 2.42. The van der Waals surface area contributed by atoms with E-state index in [-0.39, 0.29) is 22.9 Å². The first kappa shape index (κ1) is 21.9. The van der Waals surface area contributed by atoms with E-state index in [2.05, 4.69) is 10.2 Å². The Morgan fingerprint density at radius 3 is 2.34 bits per heavy atom. The van der Waals surface area contributed by atoms with Crippen LogP contribution in [0.3, 0.4) is 0 Å². The molecule has 0 bridgehead atoms. The molecule has 0 saturated carbocycles. The van der Waals surface area contributed by atoms with Crippen LogP contribution in [0.5, 0.6) is 11.6 Å². The summed E-state index contributed by atoms with van der Waals surface area (Å²) < 4.78 is 1.77. The molecule has 1 aromatic heterocycles. The number of aromatic hydroxyl groups is 2. The van der Waals surface area contributed by atoms with Crippen molar-refractivity contribution in [3.8, 4) is 22.8 Å². The molecule has 0 spiro atoms. The minimum absolute atomic E-state index is 0.0244. The summed E-state index contributed by atoms with van der Waals surface area (Å²) in [6.07, 6.45) is 0. The zero-order valence-corrected chi connectivity index (χ0v) is 18.5. The summed E-state index contributed by atoms with van der Waals surface area (Å²) in [4.78, 5) is 11.3. The number of carboxylic acid groups (broad SMARTS) is 1. The van der Waals surface area contributed by atoms with Crippen LogP contribution in [-0.4, -0.2) is 25.9 Å². The summed E-state index contributed by atoms with van der Waals surface area (Å²) >= 11 is 0.